The molecule has 5 heteroatoms. The summed E-state index contributed by atoms with van der Waals surface area (Å²) in [6, 6.07) is 5.40. The summed E-state index contributed by atoms with van der Waals surface area (Å²) in [6.07, 6.45) is 0.345. The first kappa shape index (κ1) is 12.4. The van der Waals surface area contributed by atoms with Crippen molar-refractivity contribution in [2.24, 2.45) is 0 Å². The Bertz CT molecular complexity index is 485. The van der Waals surface area contributed by atoms with Gasteiger partial charge in [0.15, 0.2) is 0 Å². The smallest absolute Gasteiger partial charge is 0.256 e. The lowest BCUT2D eigenvalue weighted by molar-refractivity contribution is -0.120. The highest BCUT2D eigenvalue weighted by Crippen LogP contribution is 2.16. The van der Waals surface area contributed by atoms with Crippen molar-refractivity contribution in [3.63, 3.8) is 0 Å². The molecule has 18 heavy (non-hydrogen) atoms. The lowest BCUT2D eigenvalue weighted by atomic mass is 10.1. The Morgan fingerprint density at radius 3 is 2.89 bits per heavy atom. The largest absolute Gasteiger partial charge is 0.398 e. The van der Waals surface area contributed by atoms with E-state index in [0.29, 0.717) is 37.3 Å². The molecule has 1 heterocycles. The third-order valence-electron chi connectivity index (χ3n) is 3.04. The highest BCUT2D eigenvalue weighted by atomic mass is 16.2. The predicted molar refractivity (Wildman–Crippen MR) is 69.1 cm³/mol. The maximum absolute atomic E-state index is 12.3. The Hall–Kier alpha value is -2.04. The molecule has 1 saturated heterocycles. The molecule has 96 valence electrons. The van der Waals surface area contributed by atoms with Gasteiger partial charge in [0.25, 0.3) is 5.91 Å². The summed E-state index contributed by atoms with van der Waals surface area (Å²) in [5.41, 5.74) is 7.89. The molecule has 1 aromatic rings. The van der Waals surface area contributed by atoms with Crippen LogP contribution in [0.15, 0.2) is 18.2 Å². The minimum absolute atomic E-state index is 0.0119. The molecule has 1 aromatic carbocycles. The van der Waals surface area contributed by atoms with E-state index < -0.39 is 0 Å². The van der Waals surface area contributed by atoms with Gasteiger partial charge in [-0.3, -0.25) is 9.59 Å². The van der Waals surface area contributed by atoms with Gasteiger partial charge in [-0.05, 0) is 24.6 Å². The van der Waals surface area contributed by atoms with E-state index >= 15 is 0 Å². The highest BCUT2D eigenvalue weighted by molar-refractivity contribution is 5.99. The summed E-state index contributed by atoms with van der Waals surface area (Å²) in [5.74, 6) is -0.119. The van der Waals surface area contributed by atoms with Crippen molar-refractivity contribution in [1.82, 2.24) is 10.2 Å². The lowest BCUT2D eigenvalue weighted by Crippen LogP contribution is -2.34. The number of nitrogen functional groups attached to an aromatic ring is 1. The molecule has 0 aromatic heterocycles. The van der Waals surface area contributed by atoms with Crippen LogP contribution in [0.2, 0.25) is 0 Å². The average molecular weight is 247 g/mol. The third kappa shape index (κ3) is 2.61. The number of carbonyl (C=O) groups excluding carboxylic acids is 2. The second-order valence-corrected chi connectivity index (χ2v) is 4.48. The summed E-state index contributed by atoms with van der Waals surface area (Å²) in [5, 5.41) is 2.74. The molecule has 1 fully saturated rings. The third-order valence-corrected chi connectivity index (χ3v) is 3.04. The molecule has 0 atom stereocenters. The van der Waals surface area contributed by atoms with Gasteiger partial charge >= 0.3 is 0 Å². The number of nitrogens with one attached hydrogen (secondary N) is 1. The van der Waals surface area contributed by atoms with Crippen LogP contribution in [-0.4, -0.2) is 36.3 Å². The minimum Gasteiger partial charge on any atom is -0.398 e. The first-order chi connectivity index (χ1) is 8.58. The number of hydrogen-bond donors (Lipinski definition) is 2. The van der Waals surface area contributed by atoms with Gasteiger partial charge in [0.2, 0.25) is 5.91 Å². The average Bonchev–Trinajstić information content (AvgIpc) is 2.53. The van der Waals surface area contributed by atoms with Crippen molar-refractivity contribution in [1.29, 1.82) is 0 Å². The highest BCUT2D eigenvalue weighted by Gasteiger charge is 2.21. The maximum atomic E-state index is 12.3. The van der Waals surface area contributed by atoms with Crippen LogP contribution in [0.1, 0.15) is 22.3 Å². The number of amides is 2. The Morgan fingerprint density at radius 2 is 2.17 bits per heavy atom. The summed E-state index contributed by atoms with van der Waals surface area (Å²) < 4.78 is 0. The molecule has 1 aliphatic rings. The molecular weight excluding hydrogens is 230 g/mol. The number of anilines is 1. The zero-order valence-corrected chi connectivity index (χ0v) is 10.4. The van der Waals surface area contributed by atoms with Crippen molar-refractivity contribution < 1.29 is 9.59 Å². The van der Waals surface area contributed by atoms with Crippen molar-refractivity contribution in [2.75, 3.05) is 25.4 Å². The first-order valence-corrected chi connectivity index (χ1v) is 6.00. The Morgan fingerprint density at radius 1 is 1.39 bits per heavy atom. The number of carbonyl (C=O) groups is 2. The van der Waals surface area contributed by atoms with Crippen LogP contribution in [0.4, 0.5) is 5.69 Å². The summed E-state index contributed by atoms with van der Waals surface area (Å²) in [4.78, 5) is 25.2. The van der Waals surface area contributed by atoms with Crippen molar-refractivity contribution in [3.8, 4) is 0 Å². The molecule has 2 amide bonds. The van der Waals surface area contributed by atoms with Crippen LogP contribution in [0, 0.1) is 6.92 Å². The Labute approximate surface area is 106 Å². The number of rotatable bonds is 1. The zero-order valence-electron chi connectivity index (χ0n) is 10.4. The maximum Gasteiger partial charge on any atom is 0.256 e. The van der Waals surface area contributed by atoms with Gasteiger partial charge in [-0.15, -0.1) is 0 Å². The van der Waals surface area contributed by atoms with E-state index in [1.165, 1.54) is 0 Å². The fraction of sp³-hybridized carbons (Fsp3) is 0.385. The lowest BCUT2D eigenvalue weighted by Gasteiger charge is -2.20. The number of nitrogens with two attached hydrogens (primary N) is 1. The number of hydrogen-bond acceptors (Lipinski definition) is 3. The van der Waals surface area contributed by atoms with Crippen LogP contribution in [0.3, 0.4) is 0 Å². The molecule has 0 radical (unpaired) electrons. The van der Waals surface area contributed by atoms with Crippen LogP contribution in [0.25, 0.3) is 0 Å². The van der Waals surface area contributed by atoms with Gasteiger partial charge in [-0.2, -0.15) is 0 Å². The first-order valence-electron chi connectivity index (χ1n) is 6.00. The topological polar surface area (TPSA) is 75.4 Å². The van der Waals surface area contributed by atoms with E-state index in [2.05, 4.69) is 5.32 Å². The molecule has 3 N–H and O–H groups in total. The molecule has 0 saturated carbocycles. The molecule has 0 spiro atoms. The van der Waals surface area contributed by atoms with Crippen LogP contribution < -0.4 is 11.1 Å². The SMILES string of the molecule is Cc1ccc(C(=O)N2CCNC(=O)CC2)c(N)c1. The quantitative estimate of drug-likeness (QED) is 0.711. The monoisotopic (exact) mass is 247 g/mol. The predicted octanol–water partition coefficient (Wildman–Crippen LogP) is 0.539. The summed E-state index contributed by atoms with van der Waals surface area (Å²) >= 11 is 0. The van der Waals surface area contributed by atoms with Crippen LogP contribution >= 0.6 is 0 Å². The zero-order chi connectivity index (χ0) is 13.1. The molecule has 0 bridgehead atoms. The molecule has 5 nitrogen and oxygen atoms in total. The normalized spacial score (nSPS) is 16.1. The van der Waals surface area contributed by atoms with Crippen molar-refractivity contribution in [3.05, 3.63) is 29.3 Å². The molecule has 2 rings (SSSR count). The molecule has 0 aliphatic carbocycles. The van der Waals surface area contributed by atoms with Gasteiger partial charge in [0.1, 0.15) is 0 Å². The van der Waals surface area contributed by atoms with E-state index in [9.17, 15) is 9.59 Å². The van der Waals surface area contributed by atoms with E-state index in [-0.39, 0.29) is 11.8 Å². The van der Waals surface area contributed by atoms with Crippen LogP contribution in [0.5, 0.6) is 0 Å². The second kappa shape index (κ2) is 5.08. The van der Waals surface area contributed by atoms with E-state index in [1.807, 2.05) is 13.0 Å². The van der Waals surface area contributed by atoms with Gasteiger partial charge in [0, 0.05) is 31.7 Å². The number of aryl methyl sites for hydroxylation is 1. The van der Waals surface area contributed by atoms with Crippen LogP contribution in [-0.2, 0) is 4.79 Å². The molecule has 1 aliphatic heterocycles. The van der Waals surface area contributed by atoms with Gasteiger partial charge < -0.3 is 16.0 Å². The fourth-order valence-electron chi connectivity index (χ4n) is 2.02. The molecule has 0 unspecified atom stereocenters. The van der Waals surface area contributed by atoms with Gasteiger partial charge in [-0.1, -0.05) is 6.07 Å². The summed E-state index contributed by atoms with van der Waals surface area (Å²) in [7, 11) is 0. The van der Waals surface area contributed by atoms with E-state index in [0.717, 1.165) is 5.56 Å². The summed E-state index contributed by atoms with van der Waals surface area (Å²) in [6.45, 7) is 3.39. The fourth-order valence-corrected chi connectivity index (χ4v) is 2.02. The van der Waals surface area contributed by atoms with E-state index in [4.69, 9.17) is 5.73 Å². The van der Waals surface area contributed by atoms with Gasteiger partial charge in [0.05, 0.1) is 5.56 Å². The Kier molecular flexibility index (Phi) is 3.50. The van der Waals surface area contributed by atoms with E-state index in [1.54, 1.807) is 17.0 Å². The number of benzene rings is 1. The minimum atomic E-state index is -0.107. The Balaban J connectivity index is 2.17. The standard InChI is InChI=1S/C13H17N3O2/c1-9-2-3-10(11(14)8-9)13(18)16-6-4-12(17)15-5-7-16/h2-3,8H,4-7,14H2,1H3,(H,15,17). The van der Waals surface area contributed by atoms with Crippen molar-refractivity contribution in [2.45, 2.75) is 13.3 Å². The van der Waals surface area contributed by atoms with Gasteiger partial charge in [-0.25, -0.2) is 0 Å². The number of nitrogens with zero attached hydrogens (tertiary/aromatic N) is 1. The van der Waals surface area contributed by atoms with Crippen molar-refractivity contribution >= 4 is 17.5 Å². The second-order valence-electron chi connectivity index (χ2n) is 4.48. The molecular formula is C13H17N3O2.